The molecule has 2 rings (SSSR count). The van der Waals surface area contributed by atoms with Gasteiger partial charge in [-0.05, 0) is 42.5 Å². The maximum atomic E-state index is 11.2. The van der Waals surface area contributed by atoms with Crippen LogP contribution in [0.2, 0.25) is 5.02 Å². The van der Waals surface area contributed by atoms with Gasteiger partial charge in [-0.15, -0.1) is 0 Å². The van der Waals surface area contributed by atoms with E-state index in [1.165, 1.54) is 0 Å². The van der Waals surface area contributed by atoms with E-state index in [9.17, 15) is 4.79 Å². The van der Waals surface area contributed by atoms with E-state index in [1.807, 2.05) is 18.2 Å². The largest absolute Gasteiger partial charge is 0.496 e. The molecule has 1 aliphatic rings. The zero-order valence-corrected chi connectivity index (χ0v) is 10.1. The summed E-state index contributed by atoms with van der Waals surface area (Å²) in [4.78, 5) is 11.2. The molecular weight excluding hydrogens is 224 g/mol. The van der Waals surface area contributed by atoms with Crippen molar-refractivity contribution < 1.29 is 9.53 Å². The smallest absolute Gasteiger partial charge is 0.132 e. The highest BCUT2D eigenvalue weighted by Crippen LogP contribution is 2.37. The van der Waals surface area contributed by atoms with E-state index in [4.69, 9.17) is 16.3 Å². The summed E-state index contributed by atoms with van der Waals surface area (Å²) < 4.78 is 5.34. The molecule has 0 radical (unpaired) electrons. The van der Waals surface area contributed by atoms with E-state index in [0.717, 1.165) is 29.2 Å². The Morgan fingerprint density at radius 2 is 2.00 bits per heavy atom. The lowest BCUT2D eigenvalue weighted by Gasteiger charge is -2.23. The first-order chi connectivity index (χ1) is 7.70. The van der Waals surface area contributed by atoms with Crippen LogP contribution >= 0.6 is 11.6 Å². The fraction of sp³-hybridized carbons (Fsp3) is 0.462. The Morgan fingerprint density at radius 3 is 2.62 bits per heavy atom. The topological polar surface area (TPSA) is 26.3 Å². The number of Topliss-reactive ketones (excluding diaryl/α,β-unsaturated/α-hetero) is 1. The first kappa shape index (κ1) is 11.5. The van der Waals surface area contributed by atoms with Gasteiger partial charge in [0.05, 0.1) is 7.11 Å². The predicted octanol–water partition coefficient (Wildman–Crippen LogP) is 3.58. The molecule has 0 saturated heterocycles. The van der Waals surface area contributed by atoms with Gasteiger partial charge in [-0.2, -0.15) is 0 Å². The summed E-state index contributed by atoms with van der Waals surface area (Å²) in [6.45, 7) is 0. The van der Waals surface area contributed by atoms with Crippen LogP contribution in [0.25, 0.3) is 0 Å². The van der Waals surface area contributed by atoms with Crippen LogP contribution in [0.3, 0.4) is 0 Å². The van der Waals surface area contributed by atoms with Crippen molar-refractivity contribution in [1.82, 2.24) is 0 Å². The number of ether oxygens (including phenoxy) is 1. The average Bonchev–Trinajstić information content (AvgIpc) is 2.30. The van der Waals surface area contributed by atoms with E-state index in [-0.39, 0.29) is 0 Å². The molecule has 86 valence electrons. The summed E-state index contributed by atoms with van der Waals surface area (Å²) in [6.07, 6.45) is 3.19. The molecule has 3 heteroatoms. The van der Waals surface area contributed by atoms with E-state index < -0.39 is 0 Å². The number of ketones is 1. The first-order valence-electron chi connectivity index (χ1n) is 5.56. The molecule has 0 heterocycles. The van der Waals surface area contributed by atoms with Crippen LogP contribution in [0.15, 0.2) is 18.2 Å². The second-order valence-corrected chi connectivity index (χ2v) is 4.64. The average molecular weight is 239 g/mol. The third kappa shape index (κ3) is 2.38. The Morgan fingerprint density at radius 1 is 1.31 bits per heavy atom. The highest BCUT2D eigenvalue weighted by atomic mass is 35.5. The minimum Gasteiger partial charge on any atom is -0.496 e. The van der Waals surface area contributed by atoms with Crippen molar-refractivity contribution in [2.45, 2.75) is 31.6 Å². The van der Waals surface area contributed by atoms with Gasteiger partial charge in [-0.3, -0.25) is 4.79 Å². The van der Waals surface area contributed by atoms with E-state index in [2.05, 4.69) is 0 Å². The maximum absolute atomic E-state index is 11.2. The molecule has 1 aliphatic carbocycles. The van der Waals surface area contributed by atoms with Crippen LogP contribution in [0.4, 0.5) is 0 Å². The Hall–Kier alpha value is -1.02. The molecule has 0 unspecified atom stereocenters. The van der Waals surface area contributed by atoms with Crippen LogP contribution < -0.4 is 4.74 Å². The second-order valence-electron chi connectivity index (χ2n) is 4.20. The van der Waals surface area contributed by atoms with Crippen molar-refractivity contribution >= 4 is 17.4 Å². The zero-order valence-electron chi connectivity index (χ0n) is 9.33. The fourth-order valence-electron chi connectivity index (χ4n) is 2.28. The highest BCUT2D eigenvalue weighted by molar-refractivity contribution is 6.30. The zero-order chi connectivity index (χ0) is 11.5. The molecule has 0 bridgehead atoms. The molecule has 0 amide bonds. The van der Waals surface area contributed by atoms with Crippen LogP contribution in [0.5, 0.6) is 5.75 Å². The Kier molecular flexibility index (Phi) is 3.49. The Bertz CT molecular complexity index is 391. The van der Waals surface area contributed by atoms with E-state index in [1.54, 1.807) is 7.11 Å². The fourth-order valence-corrected chi connectivity index (χ4v) is 2.46. The van der Waals surface area contributed by atoms with Gasteiger partial charge in [-0.25, -0.2) is 0 Å². The van der Waals surface area contributed by atoms with E-state index in [0.29, 0.717) is 24.5 Å². The van der Waals surface area contributed by atoms with Gasteiger partial charge < -0.3 is 4.74 Å². The number of carbonyl (C=O) groups is 1. The third-order valence-electron chi connectivity index (χ3n) is 3.17. The van der Waals surface area contributed by atoms with Gasteiger partial charge in [0.2, 0.25) is 0 Å². The molecule has 0 aromatic heterocycles. The molecule has 16 heavy (non-hydrogen) atoms. The van der Waals surface area contributed by atoms with Crippen LogP contribution in [0.1, 0.15) is 37.2 Å². The third-order valence-corrected chi connectivity index (χ3v) is 3.41. The van der Waals surface area contributed by atoms with Gasteiger partial charge in [-0.1, -0.05) is 11.6 Å². The number of benzene rings is 1. The summed E-state index contributed by atoms with van der Waals surface area (Å²) in [5.74, 6) is 1.66. The molecule has 0 aliphatic heterocycles. The number of methoxy groups -OCH3 is 1. The molecular formula is C13H15ClO2. The summed E-state index contributed by atoms with van der Waals surface area (Å²) in [6, 6.07) is 5.69. The van der Waals surface area contributed by atoms with Crippen LogP contribution in [0, 0.1) is 0 Å². The molecule has 0 spiro atoms. The van der Waals surface area contributed by atoms with Crippen LogP contribution in [-0.4, -0.2) is 12.9 Å². The molecule has 0 N–H and O–H groups in total. The lowest BCUT2D eigenvalue weighted by atomic mass is 9.83. The summed E-state index contributed by atoms with van der Waals surface area (Å²) >= 11 is 6.00. The Balaban J connectivity index is 2.24. The summed E-state index contributed by atoms with van der Waals surface area (Å²) in [7, 11) is 1.67. The lowest BCUT2D eigenvalue weighted by molar-refractivity contribution is -0.120. The number of hydrogen-bond acceptors (Lipinski definition) is 2. The van der Waals surface area contributed by atoms with Crippen molar-refractivity contribution in [1.29, 1.82) is 0 Å². The number of halogens is 1. The molecule has 2 nitrogen and oxygen atoms in total. The van der Waals surface area contributed by atoms with Crippen molar-refractivity contribution in [2.75, 3.05) is 7.11 Å². The van der Waals surface area contributed by atoms with Gasteiger partial charge in [0.25, 0.3) is 0 Å². The maximum Gasteiger partial charge on any atom is 0.132 e. The predicted molar refractivity (Wildman–Crippen MR) is 64.2 cm³/mol. The van der Waals surface area contributed by atoms with Gasteiger partial charge >= 0.3 is 0 Å². The van der Waals surface area contributed by atoms with Crippen molar-refractivity contribution in [3.63, 3.8) is 0 Å². The van der Waals surface area contributed by atoms with Gasteiger partial charge in [0.15, 0.2) is 0 Å². The second kappa shape index (κ2) is 4.88. The van der Waals surface area contributed by atoms with Crippen molar-refractivity contribution in [3.05, 3.63) is 28.8 Å². The number of rotatable bonds is 2. The SMILES string of the molecule is COc1ccc(Cl)cc1C1CCC(=O)CC1. The minimum absolute atomic E-state index is 0.372. The van der Waals surface area contributed by atoms with Crippen molar-refractivity contribution in [2.24, 2.45) is 0 Å². The first-order valence-corrected chi connectivity index (χ1v) is 5.93. The van der Waals surface area contributed by atoms with Crippen LogP contribution in [-0.2, 0) is 4.79 Å². The summed E-state index contributed by atoms with van der Waals surface area (Å²) in [5, 5.41) is 0.729. The normalized spacial score (nSPS) is 17.5. The molecule has 1 saturated carbocycles. The Labute approximate surface area is 101 Å². The standard InChI is InChI=1S/C13H15ClO2/c1-16-13-7-4-10(14)8-12(13)9-2-5-11(15)6-3-9/h4,7-9H,2-3,5-6H2,1H3. The van der Waals surface area contributed by atoms with Gasteiger partial charge in [0, 0.05) is 17.9 Å². The monoisotopic (exact) mass is 238 g/mol. The van der Waals surface area contributed by atoms with Crippen molar-refractivity contribution in [3.8, 4) is 5.75 Å². The van der Waals surface area contributed by atoms with Gasteiger partial charge in [0.1, 0.15) is 11.5 Å². The molecule has 1 aromatic carbocycles. The summed E-state index contributed by atoms with van der Waals surface area (Å²) in [5.41, 5.74) is 1.14. The quantitative estimate of drug-likeness (QED) is 0.787. The number of carbonyl (C=O) groups excluding carboxylic acids is 1. The molecule has 1 fully saturated rings. The molecule has 1 aromatic rings. The highest BCUT2D eigenvalue weighted by Gasteiger charge is 2.22. The number of hydrogen-bond donors (Lipinski definition) is 0. The van der Waals surface area contributed by atoms with E-state index >= 15 is 0 Å². The molecule has 0 atom stereocenters. The minimum atomic E-state index is 0.372. The lowest BCUT2D eigenvalue weighted by Crippen LogP contribution is -2.13.